The molecule has 0 spiro atoms. The zero-order valence-corrected chi connectivity index (χ0v) is 54.3. The lowest BCUT2D eigenvalue weighted by Gasteiger charge is -2.20. The monoisotopic (exact) mass is 1130 g/mol. The third-order valence-electron chi connectivity index (χ3n) is 17.2. The Labute approximate surface area is 501 Å². The molecule has 0 saturated heterocycles. The van der Waals surface area contributed by atoms with Gasteiger partial charge in [0.1, 0.15) is 0 Å². The van der Waals surface area contributed by atoms with E-state index in [0.29, 0.717) is 19.4 Å². The molecule has 0 fully saturated rings. The van der Waals surface area contributed by atoms with Crippen molar-refractivity contribution in [2.45, 2.75) is 424 Å². The summed E-state index contributed by atoms with van der Waals surface area (Å²) < 4.78 is 5.51. The Morgan fingerprint density at radius 1 is 0.338 bits per heavy atom. The molecule has 0 aromatic heterocycles. The van der Waals surface area contributed by atoms with E-state index in [2.05, 4.69) is 31.3 Å². The lowest BCUT2D eigenvalue weighted by Crippen LogP contribution is -2.45. The molecular weight excluding hydrogens is 983 g/mol. The van der Waals surface area contributed by atoms with Crippen LogP contribution in [0.25, 0.3) is 0 Å². The Hall–Kier alpha value is -1.66. The van der Waals surface area contributed by atoms with Crippen molar-refractivity contribution in [3.05, 3.63) is 24.3 Å². The topological polar surface area (TPSA) is 95.9 Å². The van der Waals surface area contributed by atoms with Crippen LogP contribution < -0.4 is 5.32 Å². The minimum atomic E-state index is -0.848. The molecule has 80 heavy (non-hydrogen) atoms. The summed E-state index contributed by atoms with van der Waals surface area (Å²) >= 11 is 0. The standard InChI is InChI=1S/C74H143NO5/c1-3-5-7-9-11-13-15-17-19-21-23-28-31-34-38-42-46-50-54-58-62-66-72(77)71(70-76)75-73(78)67-63-59-55-51-47-43-39-35-32-29-26-24-25-27-30-33-37-41-45-49-53-57-61-65-69-80-74(79)68-64-60-56-52-48-44-40-36-22-20-18-16-14-12-10-8-6-4-2/h26,29,62,66,71-72,76-77H,3-25,27-28,30-61,63-65,67-70H2,1-2H3,(H,75,78)/b29-26-,66-62+. The number of ether oxygens (including phenoxy) is 1. The van der Waals surface area contributed by atoms with Crippen molar-refractivity contribution in [2.24, 2.45) is 0 Å². The van der Waals surface area contributed by atoms with Crippen LogP contribution in [0.15, 0.2) is 24.3 Å². The maximum Gasteiger partial charge on any atom is 0.305 e. The van der Waals surface area contributed by atoms with Gasteiger partial charge in [0.05, 0.1) is 25.4 Å². The number of aliphatic hydroxyl groups is 2. The number of aliphatic hydroxyl groups excluding tert-OH is 2. The molecule has 0 heterocycles. The summed E-state index contributed by atoms with van der Waals surface area (Å²) in [6.45, 7) is 4.95. The third kappa shape index (κ3) is 65.5. The molecule has 0 saturated carbocycles. The van der Waals surface area contributed by atoms with Gasteiger partial charge in [-0.3, -0.25) is 9.59 Å². The predicted octanol–water partition coefficient (Wildman–Crippen LogP) is 23.7. The quantitative estimate of drug-likeness (QED) is 0.0320. The minimum absolute atomic E-state index is 0.0174. The van der Waals surface area contributed by atoms with Crippen molar-refractivity contribution in [3.8, 4) is 0 Å². The highest BCUT2D eigenvalue weighted by atomic mass is 16.5. The van der Waals surface area contributed by atoms with Crippen molar-refractivity contribution < 1.29 is 24.5 Å². The molecule has 2 atom stereocenters. The molecule has 0 aliphatic carbocycles. The first-order valence-corrected chi connectivity index (χ1v) is 36.6. The van der Waals surface area contributed by atoms with Crippen LogP contribution >= 0.6 is 0 Å². The van der Waals surface area contributed by atoms with Gasteiger partial charge >= 0.3 is 5.97 Å². The fourth-order valence-electron chi connectivity index (χ4n) is 11.6. The second-order valence-corrected chi connectivity index (χ2v) is 25.3. The third-order valence-corrected chi connectivity index (χ3v) is 17.2. The van der Waals surface area contributed by atoms with Crippen LogP contribution in [0.5, 0.6) is 0 Å². The van der Waals surface area contributed by atoms with Gasteiger partial charge in [0.2, 0.25) is 5.91 Å². The number of rotatable bonds is 69. The van der Waals surface area contributed by atoms with E-state index in [1.54, 1.807) is 6.08 Å². The lowest BCUT2D eigenvalue weighted by molar-refractivity contribution is -0.143. The Balaban J connectivity index is 3.41. The SMILES string of the molecule is CCCCCCCCCCCCCCCCCCCCC/C=C/C(O)C(CO)NC(=O)CCCCCCCCCC/C=C\CCCCCCCCCCCCCCOC(=O)CCCCCCCCCCCCCCCCCCCC. The summed E-state index contributed by atoms with van der Waals surface area (Å²) in [5.74, 6) is -0.0509. The van der Waals surface area contributed by atoms with Gasteiger partial charge in [0.15, 0.2) is 0 Å². The molecule has 6 heteroatoms. The molecule has 0 aromatic carbocycles. The molecule has 3 N–H and O–H groups in total. The molecule has 0 aliphatic rings. The number of carbonyl (C=O) groups is 2. The number of allylic oxidation sites excluding steroid dienone is 3. The molecule has 2 unspecified atom stereocenters. The smallest absolute Gasteiger partial charge is 0.305 e. The number of amides is 1. The number of unbranched alkanes of at least 4 members (excludes halogenated alkanes) is 56. The van der Waals surface area contributed by atoms with Gasteiger partial charge in [0.25, 0.3) is 0 Å². The maximum atomic E-state index is 12.5. The van der Waals surface area contributed by atoms with E-state index in [1.165, 1.54) is 347 Å². The molecule has 1 amide bonds. The van der Waals surface area contributed by atoms with E-state index in [-0.39, 0.29) is 18.5 Å². The summed E-state index contributed by atoms with van der Waals surface area (Å²) in [6, 6.07) is -0.632. The second kappa shape index (κ2) is 69.8. The fraction of sp³-hybridized carbons (Fsp3) is 0.919. The molecular formula is C74H143NO5. The highest BCUT2D eigenvalue weighted by molar-refractivity contribution is 5.76. The van der Waals surface area contributed by atoms with Gasteiger partial charge in [-0.25, -0.2) is 0 Å². The minimum Gasteiger partial charge on any atom is -0.466 e. The van der Waals surface area contributed by atoms with Crippen molar-refractivity contribution in [1.29, 1.82) is 0 Å². The van der Waals surface area contributed by atoms with E-state index < -0.39 is 12.1 Å². The van der Waals surface area contributed by atoms with Gasteiger partial charge in [-0.05, 0) is 57.8 Å². The van der Waals surface area contributed by atoms with Crippen LogP contribution in [-0.4, -0.2) is 47.4 Å². The molecule has 6 nitrogen and oxygen atoms in total. The van der Waals surface area contributed by atoms with Gasteiger partial charge in [-0.1, -0.05) is 366 Å². The van der Waals surface area contributed by atoms with Crippen LogP contribution in [0, 0.1) is 0 Å². The molecule has 0 aliphatic heterocycles. The Morgan fingerprint density at radius 2 is 0.588 bits per heavy atom. The van der Waals surface area contributed by atoms with E-state index in [9.17, 15) is 19.8 Å². The Morgan fingerprint density at radius 3 is 0.887 bits per heavy atom. The largest absolute Gasteiger partial charge is 0.466 e. The summed E-state index contributed by atoms with van der Waals surface area (Å²) in [4.78, 5) is 24.6. The number of nitrogens with one attached hydrogen (secondary N) is 1. The first-order chi connectivity index (χ1) is 39.5. The summed E-state index contributed by atoms with van der Waals surface area (Å²) in [6.07, 6.45) is 88.3. The number of carbonyl (C=O) groups excluding carboxylic acids is 2. The van der Waals surface area contributed by atoms with E-state index in [1.807, 2.05) is 6.08 Å². The first-order valence-electron chi connectivity index (χ1n) is 36.6. The zero-order chi connectivity index (χ0) is 57.8. The van der Waals surface area contributed by atoms with E-state index in [0.717, 1.165) is 38.5 Å². The van der Waals surface area contributed by atoms with Crippen LogP contribution in [0.3, 0.4) is 0 Å². The van der Waals surface area contributed by atoms with Crippen molar-refractivity contribution in [2.75, 3.05) is 13.2 Å². The van der Waals surface area contributed by atoms with Gasteiger partial charge in [-0.15, -0.1) is 0 Å². The molecule has 0 rings (SSSR count). The van der Waals surface area contributed by atoms with E-state index >= 15 is 0 Å². The fourth-order valence-corrected chi connectivity index (χ4v) is 11.6. The first kappa shape index (κ1) is 78.3. The lowest BCUT2D eigenvalue weighted by atomic mass is 10.0. The van der Waals surface area contributed by atoms with Crippen molar-refractivity contribution >= 4 is 11.9 Å². The van der Waals surface area contributed by atoms with Crippen LogP contribution in [0.1, 0.15) is 412 Å². The summed E-state index contributed by atoms with van der Waals surface area (Å²) in [5.41, 5.74) is 0. The molecule has 0 radical (unpaired) electrons. The maximum absolute atomic E-state index is 12.5. The molecule has 0 aromatic rings. The van der Waals surface area contributed by atoms with E-state index in [4.69, 9.17) is 4.74 Å². The second-order valence-electron chi connectivity index (χ2n) is 25.3. The summed E-state index contributed by atoms with van der Waals surface area (Å²) in [5, 5.41) is 23.3. The van der Waals surface area contributed by atoms with Crippen LogP contribution in [0.2, 0.25) is 0 Å². The van der Waals surface area contributed by atoms with Gasteiger partial charge < -0.3 is 20.3 Å². The predicted molar refractivity (Wildman–Crippen MR) is 352 cm³/mol. The number of hydrogen-bond acceptors (Lipinski definition) is 5. The molecule has 474 valence electrons. The van der Waals surface area contributed by atoms with Crippen molar-refractivity contribution in [1.82, 2.24) is 5.32 Å². The highest BCUT2D eigenvalue weighted by Crippen LogP contribution is 2.19. The number of hydrogen-bond donors (Lipinski definition) is 3. The van der Waals surface area contributed by atoms with Gasteiger partial charge in [-0.2, -0.15) is 0 Å². The normalized spacial score (nSPS) is 12.6. The average molecular weight is 1130 g/mol. The van der Waals surface area contributed by atoms with Crippen LogP contribution in [0.4, 0.5) is 0 Å². The summed E-state index contributed by atoms with van der Waals surface area (Å²) in [7, 11) is 0. The number of esters is 1. The highest BCUT2D eigenvalue weighted by Gasteiger charge is 2.18. The molecule has 0 bridgehead atoms. The zero-order valence-electron chi connectivity index (χ0n) is 54.3. The Bertz CT molecular complexity index is 1250. The Kier molecular flexibility index (Phi) is 68.4. The van der Waals surface area contributed by atoms with Gasteiger partial charge in [0, 0.05) is 12.8 Å². The van der Waals surface area contributed by atoms with Crippen molar-refractivity contribution in [3.63, 3.8) is 0 Å². The van der Waals surface area contributed by atoms with Crippen LogP contribution in [-0.2, 0) is 14.3 Å². The average Bonchev–Trinajstić information content (AvgIpc) is 3.46.